The third-order valence-electron chi connectivity index (χ3n) is 2.71. The number of pyridine rings is 1. The number of hydrogen-bond donors (Lipinski definition) is 1. The lowest BCUT2D eigenvalue weighted by Crippen LogP contribution is -2.55. The molecule has 2 amide bonds. The van der Waals surface area contributed by atoms with E-state index in [9.17, 15) is 9.59 Å². The summed E-state index contributed by atoms with van der Waals surface area (Å²) in [5, 5.41) is 3.18. The van der Waals surface area contributed by atoms with Crippen LogP contribution in [0.2, 0.25) is 5.02 Å². The van der Waals surface area contributed by atoms with Gasteiger partial charge in [-0.25, -0.2) is 4.98 Å². The molecule has 5 nitrogen and oxygen atoms in total. The minimum absolute atomic E-state index is 0.140. The number of nitrogens with one attached hydrogen (secondary N) is 1. The van der Waals surface area contributed by atoms with Gasteiger partial charge in [-0.1, -0.05) is 11.6 Å². The zero-order valence-electron chi connectivity index (χ0n) is 9.31. The van der Waals surface area contributed by atoms with E-state index in [2.05, 4.69) is 10.3 Å². The van der Waals surface area contributed by atoms with Crippen LogP contribution >= 0.6 is 11.6 Å². The molecule has 0 spiro atoms. The summed E-state index contributed by atoms with van der Waals surface area (Å²) >= 11 is 5.70. The lowest BCUT2D eigenvalue weighted by Gasteiger charge is -2.32. The Hall–Kier alpha value is -1.62. The normalized spacial score (nSPS) is 20.0. The Labute approximate surface area is 104 Å². The van der Waals surface area contributed by atoms with Crippen LogP contribution in [-0.2, 0) is 4.79 Å². The van der Waals surface area contributed by atoms with Crippen LogP contribution in [0.25, 0.3) is 0 Å². The van der Waals surface area contributed by atoms with Gasteiger partial charge in [-0.3, -0.25) is 9.59 Å². The number of halogens is 1. The van der Waals surface area contributed by atoms with Gasteiger partial charge in [0.15, 0.2) is 0 Å². The van der Waals surface area contributed by atoms with Crippen LogP contribution in [-0.4, -0.2) is 40.8 Å². The van der Waals surface area contributed by atoms with Crippen LogP contribution in [0.15, 0.2) is 18.3 Å². The summed E-state index contributed by atoms with van der Waals surface area (Å²) in [5.41, 5.74) is 0.302. The van der Waals surface area contributed by atoms with Crippen molar-refractivity contribution >= 4 is 23.4 Å². The highest BCUT2D eigenvalue weighted by atomic mass is 35.5. The van der Waals surface area contributed by atoms with E-state index < -0.39 is 6.04 Å². The average molecular weight is 254 g/mol. The minimum Gasteiger partial charge on any atom is -0.353 e. The molecule has 1 atom stereocenters. The molecule has 1 aliphatic rings. The molecule has 0 aromatic carbocycles. The highest BCUT2D eigenvalue weighted by Gasteiger charge is 2.30. The van der Waals surface area contributed by atoms with Crippen molar-refractivity contribution in [3.63, 3.8) is 0 Å². The molecule has 1 aromatic rings. The Morgan fingerprint density at radius 3 is 3.00 bits per heavy atom. The van der Waals surface area contributed by atoms with Crippen LogP contribution in [0.5, 0.6) is 0 Å². The van der Waals surface area contributed by atoms with Gasteiger partial charge in [0.2, 0.25) is 5.91 Å². The first-order valence-electron chi connectivity index (χ1n) is 5.30. The van der Waals surface area contributed by atoms with E-state index in [1.807, 2.05) is 0 Å². The summed E-state index contributed by atoms with van der Waals surface area (Å²) in [5.74, 6) is -0.386. The molecule has 6 heteroatoms. The van der Waals surface area contributed by atoms with Gasteiger partial charge in [0.1, 0.15) is 11.7 Å². The molecule has 1 saturated heterocycles. The first-order valence-corrected chi connectivity index (χ1v) is 5.67. The average Bonchev–Trinajstić information content (AvgIpc) is 2.33. The molecular weight excluding hydrogens is 242 g/mol. The van der Waals surface area contributed by atoms with E-state index in [1.165, 1.54) is 11.1 Å². The number of piperazine rings is 1. The molecule has 0 bridgehead atoms. The predicted molar refractivity (Wildman–Crippen MR) is 62.8 cm³/mol. The lowest BCUT2D eigenvalue weighted by molar-refractivity contribution is -0.127. The number of carbonyl (C=O) groups is 2. The molecule has 1 aliphatic heterocycles. The Morgan fingerprint density at radius 1 is 1.59 bits per heavy atom. The van der Waals surface area contributed by atoms with Crippen molar-refractivity contribution in [1.29, 1.82) is 0 Å². The number of hydrogen-bond acceptors (Lipinski definition) is 3. The van der Waals surface area contributed by atoms with Crippen LogP contribution in [0.1, 0.15) is 17.4 Å². The second kappa shape index (κ2) is 4.71. The van der Waals surface area contributed by atoms with Gasteiger partial charge in [-0.2, -0.15) is 0 Å². The van der Waals surface area contributed by atoms with Crippen LogP contribution in [0, 0.1) is 0 Å². The van der Waals surface area contributed by atoms with E-state index >= 15 is 0 Å². The minimum atomic E-state index is -0.464. The van der Waals surface area contributed by atoms with Gasteiger partial charge in [-0.15, -0.1) is 0 Å². The largest absolute Gasteiger partial charge is 0.353 e. The van der Waals surface area contributed by atoms with Gasteiger partial charge in [0.05, 0.1) is 5.02 Å². The van der Waals surface area contributed by atoms with E-state index in [0.29, 0.717) is 23.8 Å². The summed E-state index contributed by atoms with van der Waals surface area (Å²) in [6, 6.07) is 2.70. The second-order valence-electron chi connectivity index (χ2n) is 3.83. The van der Waals surface area contributed by atoms with Crippen molar-refractivity contribution in [3.8, 4) is 0 Å². The van der Waals surface area contributed by atoms with Crippen molar-refractivity contribution in [1.82, 2.24) is 15.2 Å². The number of nitrogens with zero attached hydrogens (tertiary/aromatic N) is 2. The van der Waals surface area contributed by atoms with Crippen molar-refractivity contribution < 1.29 is 9.59 Å². The Morgan fingerprint density at radius 2 is 2.35 bits per heavy atom. The highest BCUT2D eigenvalue weighted by molar-refractivity contribution is 6.30. The molecule has 0 radical (unpaired) electrons. The molecule has 0 aliphatic carbocycles. The zero-order chi connectivity index (χ0) is 12.4. The fourth-order valence-corrected chi connectivity index (χ4v) is 1.82. The monoisotopic (exact) mass is 253 g/mol. The summed E-state index contributed by atoms with van der Waals surface area (Å²) in [4.78, 5) is 29.0. The molecular formula is C11H12ClN3O2. The fraction of sp³-hybridized carbons (Fsp3) is 0.364. The van der Waals surface area contributed by atoms with Crippen LogP contribution in [0.4, 0.5) is 0 Å². The van der Waals surface area contributed by atoms with E-state index in [1.54, 1.807) is 19.1 Å². The molecule has 1 unspecified atom stereocenters. The third kappa shape index (κ3) is 2.39. The van der Waals surface area contributed by atoms with Crippen molar-refractivity contribution in [2.75, 3.05) is 13.1 Å². The molecule has 17 heavy (non-hydrogen) atoms. The number of amides is 2. The van der Waals surface area contributed by atoms with Crippen LogP contribution in [0.3, 0.4) is 0 Å². The van der Waals surface area contributed by atoms with Gasteiger partial charge in [0, 0.05) is 19.3 Å². The van der Waals surface area contributed by atoms with Gasteiger partial charge in [0.25, 0.3) is 5.91 Å². The zero-order valence-corrected chi connectivity index (χ0v) is 10.1. The fourth-order valence-electron chi connectivity index (χ4n) is 1.71. The molecule has 2 heterocycles. The van der Waals surface area contributed by atoms with Gasteiger partial charge >= 0.3 is 0 Å². The van der Waals surface area contributed by atoms with Gasteiger partial charge < -0.3 is 10.2 Å². The SMILES string of the molecule is CC1C(=O)NCCN1C(=O)c1ccc(Cl)cn1. The number of carbonyl (C=O) groups excluding carboxylic acids is 2. The summed E-state index contributed by atoms with van der Waals surface area (Å²) in [6.07, 6.45) is 1.42. The maximum atomic E-state index is 12.1. The molecule has 0 saturated carbocycles. The molecule has 90 valence electrons. The summed E-state index contributed by atoms with van der Waals surface area (Å²) in [6.45, 7) is 2.67. The number of rotatable bonds is 1. The molecule has 1 aromatic heterocycles. The third-order valence-corrected chi connectivity index (χ3v) is 2.93. The quantitative estimate of drug-likeness (QED) is 0.801. The lowest BCUT2D eigenvalue weighted by atomic mass is 10.2. The Balaban J connectivity index is 2.19. The van der Waals surface area contributed by atoms with Crippen molar-refractivity contribution in [2.24, 2.45) is 0 Å². The molecule has 1 N–H and O–H groups in total. The standard InChI is InChI=1S/C11H12ClN3O2/c1-7-10(16)13-4-5-15(7)11(17)9-3-2-8(12)6-14-9/h2-3,6-7H,4-5H2,1H3,(H,13,16). The summed E-state index contributed by atoms with van der Waals surface area (Å²) in [7, 11) is 0. The first kappa shape index (κ1) is 11.9. The second-order valence-corrected chi connectivity index (χ2v) is 4.26. The van der Waals surface area contributed by atoms with Crippen molar-refractivity contribution in [2.45, 2.75) is 13.0 Å². The van der Waals surface area contributed by atoms with Gasteiger partial charge in [-0.05, 0) is 19.1 Å². The first-order chi connectivity index (χ1) is 8.09. The number of aromatic nitrogens is 1. The highest BCUT2D eigenvalue weighted by Crippen LogP contribution is 2.11. The van der Waals surface area contributed by atoms with Crippen LogP contribution < -0.4 is 5.32 Å². The predicted octanol–water partition coefficient (Wildman–Crippen LogP) is 0.696. The van der Waals surface area contributed by atoms with E-state index in [4.69, 9.17) is 11.6 Å². The maximum Gasteiger partial charge on any atom is 0.273 e. The van der Waals surface area contributed by atoms with E-state index in [-0.39, 0.29) is 11.8 Å². The van der Waals surface area contributed by atoms with Crippen molar-refractivity contribution in [3.05, 3.63) is 29.0 Å². The summed E-state index contributed by atoms with van der Waals surface area (Å²) < 4.78 is 0. The topological polar surface area (TPSA) is 62.3 Å². The Kier molecular flexibility index (Phi) is 3.28. The maximum absolute atomic E-state index is 12.1. The van der Waals surface area contributed by atoms with E-state index in [0.717, 1.165) is 0 Å². The Bertz CT molecular complexity index is 447. The molecule has 1 fully saturated rings. The molecule has 2 rings (SSSR count). The smallest absolute Gasteiger partial charge is 0.273 e.